The Kier molecular flexibility index (Phi) is 12.5. The summed E-state index contributed by atoms with van der Waals surface area (Å²) < 4.78 is 0. The number of hydrogen-bond donors (Lipinski definition) is 1. The van der Waals surface area contributed by atoms with Crippen molar-refractivity contribution in [2.45, 2.75) is 41.5 Å². The molecule has 0 atom stereocenters. The fraction of sp³-hybridized carbons (Fsp3) is 0.120. The van der Waals surface area contributed by atoms with E-state index in [4.69, 9.17) is 5.11 Å². The van der Waals surface area contributed by atoms with Crippen LogP contribution in [0.25, 0.3) is 33.5 Å². The number of rotatable bonds is 6. The van der Waals surface area contributed by atoms with Gasteiger partial charge in [-0.1, -0.05) is 164 Å². The van der Waals surface area contributed by atoms with E-state index in [0.717, 1.165) is 16.8 Å². The molecule has 8 rings (SSSR count). The first-order valence-electron chi connectivity index (χ1n) is 18.9. The van der Waals surface area contributed by atoms with Crippen LogP contribution < -0.4 is 32.8 Å². The molecule has 56 heavy (non-hydrogen) atoms. The van der Waals surface area contributed by atoms with Crippen LogP contribution in [0.1, 0.15) is 36.1 Å². The van der Waals surface area contributed by atoms with Crippen molar-refractivity contribution in [3.63, 3.8) is 0 Å². The van der Waals surface area contributed by atoms with E-state index in [-0.39, 0.29) is 45.1 Å². The standard InChI is InChI=1S/C45H36B2N.C5H8O2.Ir/c1-30-12-10-13-31(2)44(30)46-39-18-8-9-19-40(39)47(45-32(3)14-11-15-33(45)4)42-28-37(24-25-41(42)46)34-20-22-35(23-21-34)38-26-27-48-43(29-38)36-16-6-5-7-17-36;1-4(6)3-5(2)7;/h5-16,18-29H,1-4H3;3,6H,1-2H3;/q-1;;/b;4-3-;. The van der Waals surface area contributed by atoms with Gasteiger partial charge in [0.2, 0.25) is 13.4 Å². The van der Waals surface area contributed by atoms with Gasteiger partial charge < -0.3 is 10.1 Å². The number of fused-ring (bicyclic) bond motifs is 2. The molecule has 0 spiro atoms. The van der Waals surface area contributed by atoms with Gasteiger partial charge in [0, 0.05) is 32.4 Å². The Labute approximate surface area is 346 Å². The van der Waals surface area contributed by atoms with Crippen molar-refractivity contribution in [3.8, 4) is 33.5 Å². The Balaban J connectivity index is 0.000000610. The molecule has 0 saturated carbocycles. The number of benzene rings is 6. The second kappa shape index (κ2) is 17.5. The molecule has 1 radical (unpaired) electrons. The number of aryl methyl sites for hydroxylation is 4. The second-order valence-corrected chi connectivity index (χ2v) is 14.6. The maximum atomic E-state index is 10.0. The second-order valence-electron chi connectivity index (χ2n) is 14.6. The van der Waals surface area contributed by atoms with Gasteiger partial charge in [0.05, 0.1) is 5.76 Å². The molecule has 0 saturated heterocycles. The number of aliphatic hydroxyl groups is 1. The Morgan fingerprint density at radius 2 is 1.05 bits per heavy atom. The minimum atomic E-state index is -0.125. The van der Waals surface area contributed by atoms with Gasteiger partial charge >= 0.3 is 0 Å². The number of ketones is 1. The quantitative estimate of drug-likeness (QED) is 0.0815. The number of aromatic nitrogens is 1. The minimum absolute atomic E-state index is 0. The first kappa shape index (κ1) is 40.1. The van der Waals surface area contributed by atoms with E-state index in [2.05, 4.69) is 160 Å². The number of carbonyl (C=O) groups excluding carboxylic acids is 1. The molecule has 0 fully saturated rings. The van der Waals surface area contributed by atoms with Crippen LogP contribution in [0, 0.1) is 33.8 Å². The fourth-order valence-corrected chi connectivity index (χ4v) is 8.29. The Morgan fingerprint density at radius 1 is 0.571 bits per heavy atom. The van der Waals surface area contributed by atoms with Crippen molar-refractivity contribution >= 4 is 52.0 Å². The van der Waals surface area contributed by atoms with E-state index < -0.39 is 0 Å². The molecule has 277 valence electrons. The molecule has 2 heterocycles. The number of hydrogen-bond acceptors (Lipinski definition) is 3. The van der Waals surface area contributed by atoms with Crippen LogP contribution >= 0.6 is 0 Å². The van der Waals surface area contributed by atoms with Gasteiger partial charge in [0.15, 0.2) is 5.78 Å². The normalized spacial score (nSPS) is 11.8. The van der Waals surface area contributed by atoms with E-state index in [1.807, 2.05) is 24.4 Å². The van der Waals surface area contributed by atoms with E-state index in [1.54, 1.807) is 0 Å². The SMILES string of the molecule is CC(=O)/C=C(/C)O.Cc1cccc(C)c1B1c2ccccc2B(c2c(C)cccc2C)c2cc(-c3ccc(-c4ccnc(-c5[c-]cccc5)c4)cc3)ccc21.[Ir]. The Hall–Kier alpha value is -5.54. The average Bonchev–Trinajstić information content (AvgIpc) is 3.18. The van der Waals surface area contributed by atoms with Crippen LogP contribution in [0.15, 0.2) is 158 Å². The summed E-state index contributed by atoms with van der Waals surface area (Å²) in [6.45, 7) is 12.3. The molecule has 1 aromatic heterocycles. The van der Waals surface area contributed by atoms with Gasteiger partial charge in [-0.2, -0.15) is 0 Å². The third-order valence-electron chi connectivity index (χ3n) is 10.7. The Bertz CT molecular complexity index is 2500. The van der Waals surface area contributed by atoms with Crippen molar-refractivity contribution in [1.29, 1.82) is 0 Å². The zero-order chi connectivity index (χ0) is 38.6. The van der Waals surface area contributed by atoms with Gasteiger partial charge in [-0.3, -0.25) is 4.79 Å². The van der Waals surface area contributed by atoms with Crippen LogP contribution in [0.2, 0.25) is 0 Å². The van der Waals surface area contributed by atoms with Crippen molar-refractivity contribution < 1.29 is 30.0 Å². The van der Waals surface area contributed by atoms with Crippen LogP contribution in [-0.4, -0.2) is 29.3 Å². The summed E-state index contributed by atoms with van der Waals surface area (Å²) in [5.41, 5.74) is 20.6. The smallest absolute Gasteiger partial charge is 0.240 e. The van der Waals surface area contributed by atoms with Crippen LogP contribution in [0.4, 0.5) is 0 Å². The molecular formula is C50H44B2IrNO2-. The van der Waals surface area contributed by atoms with Gasteiger partial charge in [0.1, 0.15) is 0 Å². The molecule has 7 aromatic rings. The third kappa shape index (κ3) is 8.33. The summed E-state index contributed by atoms with van der Waals surface area (Å²) >= 11 is 0. The number of nitrogens with zero attached hydrogens (tertiary/aromatic N) is 1. The van der Waals surface area contributed by atoms with Crippen molar-refractivity contribution in [3.05, 3.63) is 186 Å². The largest absolute Gasteiger partial charge is 0.512 e. The topological polar surface area (TPSA) is 50.2 Å². The maximum absolute atomic E-state index is 10.0. The molecule has 6 aromatic carbocycles. The van der Waals surface area contributed by atoms with Crippen LogP contribution in [-0.2, 0) is 24.9 Å². The van der Waals surface area contributed by atoms with Crippen LogP contribution in [0.5, 0.6) is 0 Å². The van der Waals surface area contributed by atoms with Crippen molar-refractivity contribution in [2.24, 2.45) is 0 Å². The summed E-state index contributed by atoms with van der Waals surface area (Å²) in [5, 5.41) is 8.36. The van der Waals surface area contributed by atoms with Gasteiger partial charge in [-0.15, -0.1) is 35.9 Å². The first-order chi connectivity index (χ1) is 26.6. The summed E-state index contributed by atoms with van der Waals surface area (Å²) in [4.78, 5) is 14.6. The van der Waals surface area contributed by atoms with Crippen LogP contribution in [0.3, 0.4) is 0 Å². The Morgan fingerprint density at radius 3 is 1.54 bits per heavy atom. The monoisotopic (exact) mass is 905 g/mol. The zero-order valence-electron chi connectivity index (χ0n) is 32.7. The summed E-state index contributed by atoms with van der Waals surface area (Å²) in [6.07, 6.45) is 3.06. The van der Waals surface area contributed by atoms with Crippen molar-refractivity contribution in [2.75, 3.05) is 0 Å². The van der Waals surface area contributed by atoms with E-state index >= 15 is 0 Å². The first-order valence-corrected chi connectivity index (χ1v) is 18.9. The molecule has 0 aliphatic carbocycles. The van der Waals surface area contributed by atoms with E-state index in [0.29, 0.717) is 0 Å². The van der Waals surface area contributed by atoms with E-state index in [1.165, 1.54) is 91.6 Å². The average molecular weight is 905 g/mol. The molecule has 3 nitrogen and oxygen atoms in total. The number of allylic oxidation sites excluding steroid dienone is 2. The minimum Gasteiger partial charge on any atom is -0.512 e. The molecule has 0 bridgehead atoms. The summed E-state index contributed by atoms with van der Waals surface area (Å²) in [5.74, 6) is -0.0625. The molecule has 1 aliphatic heterocycles. The number of carbonyl (C=O) groups is 1. The molecule has 0 unspecified atom stereocenters. The fourth-order valence-electron chi connectivity index (χ4n) is 8.29. The molecule has 1 N–H and O–H groups in total. The summed E-state index contributed by atoms with van der Waals surface area (Å²) in [7, 11) is 0. The van der Waals surface area contributed by atoms with Gasteiger partial charge in [-0.25, -0.2) is 0 Å². The zero-order valence-corrected chi connectivity index (χ0v) is 35.1. The third-order valence-corrected chi connectivity index (χ3v) is 10.7. The van der Waals surface area contributed by atoms with Gasteiger partial charge in [0.25, 0.3) is 0 Å². The van der Waals surface area contributed by atoms with E-state index in [9.17, 15) is 4.79 Å². The molecule has 6 heteroatoms. The predicted octanol–water partition coefficient (Wildman–Crippen LogP) is 7.50. The number of pyridine rings is 1. The summed E-state index contributed by atoms with van der Waals surface area (Å²) in [6, 6.07) is 54.4. The molecular weight excluding hydrogens is 860 g/mol. The van der Waals surface area contributed by atoms with Gasteiger partial charge in [-0.05, 0) is 75.6 Å². The maximum Gasteiger partial charge on any atom is 0.240 e. The molecule has 0 amide bonds. The number of aliphatic hydroxyl groups excluding tert-OH is 1. The molecule has 1 aliphatic rings. The predicted molar refractivity (Wildman–Crippen MR) is 234 cm³/mol. The van der Waals surface area contributed by atoms with Crippen molar-refractivity contribution in [1.82, 2.24) is 4.98 Å².